The van der Waals surface area contributed by atoms with Gasteiger partial charge in [-0.25, -0.2) is 0 Å². The van der Waals surface area contributed by atoms with Gasteiger partial charge in [0.1, 0.15) is 0 Å². The highest BCUT2D eigenvalue weighted by Crippen LogP contribution is 2.38. The van der Waals surface area contributed by atoms with Crippen molar-refractivity contribution in [1.29, 1.82) is 0 Å². The van der Waals surface area contributed by atoms with Crippen LogP contribution in [-0.2, 0) is 4.43 Å². The maximum absolute atomic E-state index is 7.57. The lowest BCUT2D eigenvalue weighted by molar-refractivity contribution is 0.223. The molecule has 0 heterocycles. The van der Waals surface area contributed by atoms with Gasteiger partial charge in [-0.05, 0) is 24.6 Å². The van der Waals surface area contributed by atoms with Gasteiger partial charge in [0.25, 0.3) is 0 Å². The van der Waals surface area contributed by atoms with E-state index in [1.165, 1.54) is 0 Å². The van der Waals surface area contributed by atoms with Crippen LogP contribution in [0.4, 0.5) is 0 Å². The summed E-state index contributed by atoms with van der Waals surface area (Å²) in [5.41, 5.74) is 7.57. The zero-order valence-electron chi connectivity index (χ0n) is 9.92. The Morgan fingerprint density at radius 2 is 1.86 bits per heavy atom. The molecule has 1 aliphatic carbocycles. The normalized spacial score (nSPS) is 28.4. The van der Waals surface area contributed by atoms with Crippen LogP contribution in [0, 0.1) is 0 Å². The Bertz CT molecular complexity index is 230. The van der Waals surface area contributed by atoms with E-state index in [4.69, 9.17) is 10.2 Å². The number of hydrogen-bond donors (Lipinski definition) is 0. The Labute approximate surface area is 88.7 Å². The van der Waals surface area contributed by atoms with Crippen molar-refractivity contribution in [2.75, 3.05) is 0 Å². The first kappa shape index (κ1) is 11.9. The predicted molar refractivity (Wildman–Crippen MR) is 63.9 cm³/mol. The summed E-state index contributed by atoms with van der Waals surface area (Å²) < 4.78 is 6.17. The molecule has 1 rings (SSSR count). The van der Waals surface area contributed by atoms with Crippen molar-refractivity contribution in [1.82, 2.24) is 0 Å². The molecule has 1 aliphatic rings. The molecule has 0 aromatic rings. The van der Waals surface area contributed by atoms with E-state index < -0.39 is 8.32 Å². The average Bonchev–Trinajstić information content (AvgIpc) is 2.31. The van der Waals surface area contributed by atoms with Gasteiger partial charge in [0.15, 0.2) is 8.32 Å². The Kier molecular flexibility index (Phi) is 3.24. The van der Waals surface area contributed by atoms with Crippen molar-refractivity contribution in [3.63, 3.8) is 0 Å². The molecular formula is C11H22NOSi-. The van der Waals surface area contributed by atoms with Crippen LogP contribution in [0.1, 0.15) is 27.2 Å². The van der Waals surface area contributed by atoms with E-state index in [-0.39, 0.29) is 17.2 Å². The predicted octanol–water partition coefficient (Wildman–Crippen LogP) is 3.76. The molecule has 0 amide bonds. The maximum Gasteiger partial charge on any atom is 0.192 e. The summed E-state index contributed by atoms with van der Waals surface area (Å²) in [6.45, 7) is 11.3. The van der Waals surface area contributed by atoms with E-state index in [9.17, 15) is 0 Å². The summed E-state index contributed by atoms with van der Waals surface area (Å²) in [4.78, 5) is 0. The summed E-state index contributed by atoms with van der Waals surface area (Å²) in [6, 6.07) is -0.0511. The molecule has 0 aromatic heterocycles. The van der Waals surface area contributed by atoms with E-state index in [1.54, 1.807) is 0 Å². The highest BCUT2D eigenvalue weighted by molar-refractivity contribution is 6.74. The van der Waals surface area contributed by atoms with Crippen LogP contribution < -0.4 is 0 Å². The molecule has 0 unspecified atom stereocenters. The monoisotopic (exact) mass is 212 g/mol. The average molecular weight is 212 g/mol. The minimum atomic E-state index is -1.63. The van der Waals surface area contributed by atoms with Crippen molar-refractivity contribution in [2.24, 2.45) is 0 Å². The van der Waals surface area contributed by atoms with Crippen LogP contribution in [0.2, 0.25) is 18.1 Å². The third-order valence-corrected chi connectivity index (χ3v) is 7.80. The van der Waals surface area contributed by atoms with Crippen molar-refractivity contribution in [3.8, 4) is 0 Å². The van der Waals surface area contributed by atoms with Crippen molar-refractivity contribution in [3.05, 3.63) is 17.9 Å². The first-order valence-corrected chi connectivity index (χ1v) is 8.20. The van der Waals surface area contributed by atoms with Crippen molar-refractivity contribution < 1.29 is 4.43 Å². The molecule has 0 saturated carbocycles. The smallest absolute Gasteiger partial charge is 0.192 e. The van der Waals surface area contributed by atoms with Gasteiger partial charge < -0.3 is 10.2 Å². The van der Waals surface area contributed by atoms with E-state index >= 15 is 0 Å². The fourth-order valence-electron chi connectivity index (χ4n) is 1.31. The second kappa shape index (κ2) is 3.80. The minimum Gasteiger partial charge on any atom is -0.671 e. The molecule has 82 valence electrons. The highest BCUT2D eigenvalue weighted by atomic mass is 28.4. The summed E-state index contributed by atoms with van der Waals surface area (Å²) in [5, 5.41) is 0.265. The van der Waals surface area contributed by atoms with Crippen molar-refractivity contribution >= 4 is 8.32 Å². The standard InChI is InChI=1S/C11H22NOSi/c1-11(2,3)14(4,5)13-10-7-6-9(12)8-10/h6-7,9-10,12H,8H2,1-5H3/q-1/t9-,10-/m0/s1. The third kappa shape index (κ3) is 2.68. The zero-order chi connectivity index (χ0) is 11.0. The van der Waals surface area contributed by atoms with Gasteiger partial charge in [-0.1, -0.05) is 26.8 Å². The van der Waals surface area contributed by atoms with E-state index in [1.807, 2.05) is 6.08 Å². The topological polar surface area (TPSA) is 33.0 Å². The molecule has 1 N–H and O–H groups in total. The fourth-order valence-corrected chi connectivity index (χ4v) is 2.59. The van der Waals surface area contributed by atoms with Gasteiger partial charge in [-0.15, -0.1) is 12.1 Å². The molecule has 14 heavy (non-hydrogen) atoms. The Hall–Kier alpha value is -0.123. The maximum atomic E-state index is 7.57. The first-order chi connectivity index (χ1) is 6.22. The largest absolute Gasteiger partial charge is 0.671 e. The summed E-state index contributed by atoms with van der Waals surface area (Å²) in [5.74, 6) is 0. The number of hydrogen-bond acceptors (Lipinski definition) is 1. The van der Waals surface area contributed by atoms with Gasteiger partial charge in [-0.3, -0.25) is 0 Å². The first-order valence-electron chi connectivity index (χ1n) is 5.29. The van der Waals surface area contributed by atoms with Crippen LogP contribution in [0.25, 0.3) is 5.73 Å². The molecule has 2 nitrogen and oxygen atoms in total. The van der Waals surface area contributed by atoms with Crippen molar-refractivity contribution in [2.45, 2.75) is 57.5 Å². The lowest BCUT2D eigenvalue weighted by atomic mass is 10.2. The molecular weight excluding hydrogens is 190 g/mol. The van der Waals surface area contributed by atoms with Crippen LogP contribution >= 0.6 is 0 Å². The summed E-state index contributed by atoms with van der Waals surface area (Å²) >= 11 is 0. The van der Waals surface area contributed by atoms with Gasteiger partial charge in [0.05, 0.1) is 6.10 Å². The second-order valence-electron chi connectivity index (χ2n) is 5.64. The molecule has 0 spiro atoms. The van der Waals surface area contributed by atoms with Crippen LogP contribution in [0.5, 0.6) is 0 Å². The Morgan fingerprint density at radius 3 is 2.21 bits per heavy atom. The molecule has 0 fully saturated rings. The lowest BCUT2D eigenvalue weighted by Crippen LogP contribution is -2.43. The fraction of sp³-hybridized carbons (Fsp3) is 0.818. The van der Waals surface area contributed by atoms with Gasteiger partial charge in [0.2, 0.25) is 0 Å². The minimum absolute atomic E-state index is 0.0511. The van der Waals surface area contributed by atoms with Gasteiger partial charge >= 0.3 is 0 Å². The summed E-state index contributed by atoms with van der Waals surface area (Å²) in [6.07, 6.45) is 5.03. The SMILES string of the molecule is CC(C)(C)[Si](C)(C)O[C@H]1C=C[C@H]([NH-])C1. The van der Waals surface area contributed by atoms with Crippen LogP contribution in [0.3, 0.4) is 0 Å². The lowest BCUT2D eigenvalue weighted by Gasteiger charge is -2.38. The summed E-state index contributed by atoms with van der Waals surface area (Å²) in [7, 11) is -1.63. The molecule has 0 bridgehead atoms. The molecule has 0 saturated heterocycles. The molecule has 2 atom stereocenters. The van der Waals surface area contributed by atoms with E-state index in [2.05, 4.69) is 39.9 Å². The molecule has 0 aromatic carbocycles. The highest BCUT2D eigenvalue weighted by Gasteiger charge is 2.39. The zero-order valence-corrected chi connectivity index (χ0v) is 10.9. The Morgan fingerprint density at radius 1 is 1.29 bits per heavy atom. The van der Waals surface area contributed by atoms with Crippen LogP contribution in [0.15, 0.2) is 12.2 Å². The second-order valence-corrected chi connectivity index (χ2v) is 10.4. The Balaban J connectivity index is 2.56. The molecule has 3 heteroatoms. The molecule has 0 aliphatic heterocycles. The van der Waals surface area contributed by atoms with E-state index in [0.717, 1.165) is 6.42 Å². The van der Waals surface area contributed by atoms with E-state index in [0.29, 0.717) is 0 Å². The molecule has 0 radical (unpaired) electrons. The third-order valence-electron chi connectivity index (χ3n) is 3.30. The van der Waals surface area contributed by atoms with Gasteiger partial charge in [-0.2, -0.15) is 0 Å². The number of nitrogens with one attached hydrogen (secondary N) is 1. The van der Waals surface area contributed by atoms with Crippen LogP contribution in [-0.4, -0.2) is 20.5 Å². The number of rotatable bonds is 2. The van der Waals surface area contributed by atoms with Gasteiger partial charge in [0, 0.05) is 0 Å². The quantitative estimate of drug-likeness (QED) is 0.507.